The lowest BCUT2D eigenvalue weighted by Gasteiger charge is -2.33. The van der Waals surface area contributed by atoms with Crippen molar-refractivity contribution in [1.82, 2.24) is 5.32 Å². The van der Waals surface area contributed by atoms with E-state index in [2.05, 4.69) is 11.9 Å². The van der Waals surface area contributed by atoms with Gasteiger partial charge in [-0.15, -0.1) is 0 Å². The lowest BCUT2D eigenvalue weighted by molar-refractivity contribution is -0.127. The number of anilines is 1. The zero-order valence-electron chi connectivity index (χ0n) is 17.0. The topological polar surface area (TPSA) is 77.1 Å². The number of likely N-dealkylation sites (N-methyl/N-ethyl adjacent to an activating group) is 1. The van der Waals surface area contributed by atoms with Crippen molar-refractivity contribution in [2.45, 2.75) is 6.10 Å². The van der Waals surface area contributed by atoms with Crippen LogP contribution in [0.15, 0.2) is 61.2 Å². The molecule has 1 N–H and O–H groups in total. The summed E-state index contributed by atoms with van der Waals surface area (Å²) in [6, 6.07) is 12.5. The number of nitrogens with one attached hydrogen (secondary N) is 1. The van der Waals surface area contributed by atoms with Crippen molar-refractivity contribution < 1.29 is 23.8 Å². The molecular formula is C23H24N2O5. The van der Waals surface area contributed by atoms with E-state index in [-0.39, 0.29) is 18.4 Å². The summed E-state index contributed by atoms with van der Waals surface area (Å²) in [5.74, 6) is 1.10. The van der Waals surface area contributed by atoms with Crippen molar-refractivity contribution in [2.75, 3.05) is 32.2 Å². The number of amides is 2. The van der Waals surface area contributed by atoms with E-state index in [1.807, 2.05) is 12.1 Å². The van der Waals surface area contributed by atoms with Gasteiger partial charge in [0.1, 0.15) is 12.4 Å². The van der Waals surface area contributed by atoms with Crippen molar-refractivity contribution in [1.29, 1.82) is 0 Å². The van der Waals surface area contributed by atoms with Crippen LogP contribution in [0.1, 0.15) is 5.56 Å². The number of ether oxygens (including phenoxy) is 3. The fraction of sp³-hybridized carbons (Fsp3) is 0.217. The van der Waals surface area contributed by atoms with Crippen LogP contribution in [0.4, 0.5) is 5.69 Å². The number of hydrogen-bond acceptors (Lipinski definition) is 5. The molecule has 0 aliphatic carbocycles. The first kappa shape index (κ1) is 21.0. The van der Waals surface area contributed by atoms with Gasteiger partial charge in [0.05, 0.1) is 19.3 Å². The third kappa shape index (κ3) is 4.63. The molecule has 0 fully saturated rings. The van der Waals surface area contributed by atoms with Crippen molar-refractivity contribution in [3.05, 3.63) is 66.8 Å². The molecule has 3 rings (SSSR count). The summed E-state index contributed by atoms with van der Waals surface area (Å²) < 4.78 is 16.6. The van der Waals surface area contributed by atoms with Crippen LogP contribution in [0.2, 0.25) is 0 Å². The van der Waals surface area contributed by atoms with Crippen LogP contribution in [0.25, 0.3) is 6.08 Å². The number of fused-ring (bicyclic) bond motifs is 1. The first-order valence-corrected chi connectivity index (χ1v) is 9.46. The highest BCUT2D eigenvalue weighted by Gasteiger charge is 2.32. The summed E-state index contributed by atoms with van der Waals surface area (Å²) in [4.78, 5) is 26.6. The second-order valence-corrected chi connectivity index (χ2v) is 6.48. The molecule has 0 saturated carbocycles. The number of hydrogen-bond donors (Lipinski definition) is 1. The average molecular weight is 408 g/mol. The van der Waals surface area contributed by atoms with Gasteiger partial charge < -0.3 is 24.4 Å². The molecule has 156 valence electrons. The van der Waals surface area contributed by atoms with E-state index in [0.29, 0.717) is 29.5 Å². The molecule has 0 bridgehead atoms. The second-order valence-electron chi connectivity index (χ2n) is 6.48. The van der Waals surface area contributed by atoms with E-state index in [1.54, 1.807) is 49.6 Å². The normalized spacial score (nSPS) is 15.1. The molecule has 0 saturated heterocycles. The minimum Gasteiger partial charge on any atom is -0.493 e. The molecular weight excluding hydrogens is 384 g/mol. The summed E-state index contributed by atoms with van der Waals surface area (Å²) in [5, 5.41) is 2.56. The van der Waals surface area contributed by atoms with Crippen LogP contribution in [0, 0.1) is 0 Å². The third-order valence-corrected chi connectivity index (χ3v) is 4.54. The van der Waals surface area contributed by atoms with Crippen LogP contribution in [-0.2, 0) is 9.59 Å². The third-order valence-electron chi connectivity index (χ3n) is 4.54. The molecule has 1 aliphatic heterocycles. The Morgan fingerprint density at radius 1 is 1.27 bits per heavy atom. The van der Waals surface area contributed by atoms with Gasteiger partial charge in [0, 0.05) is 13.1 Å². The smallest absolute Gasteiger partial charge is 0.262 e. The van der Waals surface area contributed by atoms with Crippen LogP contribution in [0.5, 0.6) is 17.2 Å². The molecule has 7 nitrogen and oxygen atoms in total. The molecule has 2 aromatic rings. The molecule has 1 atom stereocenters. The molecule has 1 aliphatic rings. The zero-order chi connectivity index (χ0) is 21.5. The lowest BCUT2D eigenvalue weighted by atomic mass is 10.1. The van der Waals surface area contributed by atoms with Gasteiger partial charge in [-0.3, -0.25) is 9.59 Å². The Bertz CT molecular complexity index is 970. The Morgan fingerprint density at radius 2 is 2.07 bits per heavy atom. The van der Waals surface area contributed by atoms with Crippen LogP contribution in [0.3, 0.4) is 0 Å². The van der Waals surface area contributed by atoms with Gasteiger partial charge in [-0.1, -0.05) is 30.9 Å². The highest BCUT2D eigenvalue weighted by Crippen LogP contribution is 2.33. The van der Waals surface area contributed by atoms with Crippen molar-refractivity contribution in [2.24, 2.45) is 0 Å². The van der Waals surface area contributed by atoms with Crippen molar-refractivity contribution >= 4 is 23.6 Å². The Balaban J connectivity index is 1.81. The Hall–Kier alpha value is -3.74. The number of nitrogens with zero attached hydrogens (tertiary/aromatic N) is 1. The Labute approximate surface area is 175 Å². The Morgan fingerprint density at radius 3 is 2.80 bits per heavy atom. The van der Waals surface area contributed by atoms with Gasteiger partial charge in [0.2, 0.25) is 0 Å². The van der Waals surface area contributed by atoms with E-state index in [9.17, 15) is 9.59 Å². The van der Waals surface area contributed by atoms with Gasteiger partial charge in [0.25, 0.3) is 11.8 Å². The number of para-hydroxylation sites is 2. The standard InChI is InChI=1S/C23H24N2O5/c1-4-13-29-19-11-9-16(14-20(19)28-3)10-12-22(26)25-15-21(23(27)24-2)30-18-8-6-5-7-17(18)25/h4-12,14,21H,1,13,15H2,2-3H3,(H,24,27)/b12-10+/t21-/m1/s1. The van der Waals surface area contributed by atoms with E-state index >= 15 is 0 Å². The number of carbonyl (C=O) groups is 2. The summed E-state index contributed by atoms with van der Waals surface area (Å²) in [6.45, 7) is 4.12. The molecule has 0 unspecified atom stereocenters. The molecule has 0 aromatic heterocycles. The first-order chi connectivity index (χ1) is 14.6. The quantitative estimate of drug-likeness (QED) is 0.563. The van der Waals surface area contributed by atoms with Gasteiger partial charge in [-0.2, -0.15) is 0 Å². The van der Waals surface area contributed by atoms with E-state index < -0.39 is 6.10 Å². The summed E-state index contributed by atoms with van der Waals surface area (Å²) in [6.07, 6.45) is 4.03. The summed E-state index contributed by atoms with van der Waals surface area (Å²) in [5.41, 5.74) is 1.40. The van der Waals surface area contributed by atoms with Gasteiger partial charge in [-0.25, -0.2) is 0 Å². The fourth-order valence-electron chi connectivity index (χ4n) is 3.05. The summed E-state index contributed by atoms with van der Waals surface area (Å²) in [7, 11) is 3.09. The molecule has 2 aromatic carbocycles. The molecule has 0 radical (unpaired) electrons. The van der Waals surface area contributed by atoms with Crippen molar-refractivity contribution in [3.63, 3.8) is 0 Å². The molecule has 1 heterocycles. The van der Waals surface area contributed by atoms with Gasteiger partial charge >= 0.3 is 0 Å². The first-order valence-electron chi connectivity index (χ1n) is 9.46. The van der Waals surface area contributed by atoms with Crippen LogP contribution < -0.4 is 24.4 Å². The highest BCUT2D eigenvalue weighted by molar-refractivity contribution is 6.05. The largest absolute Gasteiger partial charge is 0.493 e. The maximum atomic E-state index is 12.9. The van der Waals surface area contributed by atoms with E-state index in [0.717, 1.165) is 5.56 Å². The molecule has 0 spiro atoms. The maximum Gasteiger partial charge on any atom is 0.262 e. The average Bonchev–Trinajstić information content (AvgIpc) is 2.79. The van der Waals surface area contributed by atoms with E-state index in [4.69, 9.17) is 14.2 Å². The van der Waals surface area contributed by atoms with Gasteiger partial charge in [0.15, 0.2) is 17.6 Å². The Kier molecular flexibility index (Phi) is 6.75. The SMILES string of the molecule is C=CCOc1ccc(/C=C/C(=O)N2C[C@H](C(=O)NC)Oc3ccccc32)cc1OC. The predicted octanol–water partition coefficient (Wildman–Crippen LogP) is 2.81. The number of carbonyl (C=O) groups excluding carboxylic acids is 2. The minimum atomic E-state index is -0.774. The highest BCUT2D eigenvalue weighted by atomic mass is 16.5. The number of methoxy groups -OCH3 is 1. The lowest BCUT2D eigenvalue weighted by Crippen LogP contribution is -2.49. The second kappa shape index (κ2) is 9.65. The zero-order valence-corrected chi connectivity index (χ0v) is 17.0. The van der Waals surface area contributed by atoms with Gasteiger partial charge in [-0.05, 0) is 35.9 Å². The van der Waals surface area contributed by atoms with Crippen molar-refractivity contribution in [3.8, 4) is 17.2 Å². The number of rotatable bonds is 7. The number of benzene rings is 2. The minimum absolute atomic E-state index is 0.123. The van der Waals surface area contributed by atoms with Crippen LogP contribution >= 0.6 is 0 Å². The van der Waals surface area contributed by atoms with E-state index in [1.165, 1.54) is 18.0 Å². The maximum absolute atomic E-state index is 12.9. The summed E-state index contributed by atoms with van der Waals surface area (Å²) >= 11 is 0. The van der Waals surface area contributed by atoms with Crippen LogP contribution in [-0.4, -0.2) is 45.2 Å². The fourth-order valence-corrected chi connectivity index (χ4v) is 3.05. The molecule has 2 amide bonds. The molecule has 30 heavy (non-hydrogen) atoms. The predicted molar refractivity (Wildman–Crippen MR) is 115 cm³/mol. The molecule has 7 heteroatoms. The monoisotopic (exact) mass is 408 g/mol.